The standard InChI is InChI=1S/C13H13Cl2N3O3.C13H21O3PS/c1-7(2)16-12(20)17-6-11(19)18(13(17)21)10-4-8(14)3-9(15)5-10;1-11(2)15-17(14,16-12(3)4)18-10-13-8-6-5-7-9-13/h3-5,7H,6H2,1-2H3,(H,16,20);5-9,11-12H,10H2,1-4H3. The first-order valence-corrected chi connectivity index (χ1v) is 16.2. The third-order valence-electron chi connectivity index (χ3n) is 4.64. The van der Waals surface area contributed by atoms with Gasteiger partial charge in [-0.25, -0.2) is 24.0 Å². The summed E-state index contributed by atoms with van der Waals surface area (Å²) in [5.74, 6) is 0.106. The highest BCUT2D eigenvalue weighted by Gasteiger charge is 2.41. The minimum absolute atomic E-state index is 0.113. The van der Waals surface area contributed by atoms with E-state index in [-0.39, 0.29) is 30.5 Å². The number of nitrogens with one attached hydrogen (secondary N) is 1. The molecule has 0 saturated carbocycles. The van der Waals surface area contributed by atoms with Crippen molar-refractivity contribution in [3.05, 3.63) is 64.1 Å². The number of hydrogen-bond donors (Lipinski definition) is 1. The molecule has 0 aromatic heterocycles. The summed E-state index contributed by atoms with van der Waals surface area (Å²) in [6.07, 6.45) is -0.226. The number of imide groups is 2. The first kappa shape index (κ1) is 33.1. The topological polar surface area (TPSA) is 105 Å². The van der Waals surface area contributed by atoms with E-state index in [4.69, 9.17) is 32.2 Å². The van der Waals surface area contributed by atoms with Crippen molar-refractivity contribution in [2.45, 2.75) is 65.5 Å². The van der Waals surface area contributed by atoms with E-state index in [1.165, 1.54) is 29.6 Å². The molecule has 2 aromatic carbocycles. The molecule has 0 bridgehead atoms. The predicted octanol–water partition coefficient (Wildman–Crippen LogP) is 7.76. The molecular weight excluding hydrogens is 584 g/mol. The van der Waals surface area contributed by atoms with Crippen molar-refractivity contribution in [3.8, 4) is 0 Å². The minimum Gasteiger partial charge on any atom is -0.335 e. The minimum atomic E-state index is -3.08. The second-order valence-corrected chi connectivity index (χ2v) is 14.2. The molecule has 13 heteroatoms. The Labute approximate surface area is 243 Å². The van der Waals surface area contributed by atoms with Crippen LogP contribution in [0.15, 0.2) is 48.5 Å². The lowest BCUT2D eigenvalue weighted by molar-refractivity contribution is -0.116. The van der Waals surface area contributed by atoms with Crippen molar-refractivity contribution in [1.29, 1.82) is 0 Å². The number of halogens is 2. The monoisotopic (exact) mass is 617 g/mol. The number of benzene rings is 2. The summed E-state index contributed by atoms with van der Waals surface area (Å²) in [7, 11) is 0. The Kier molecular flexibility index (Phi) is 12.8. The van der Waals surface area contributed by atoms with Crippen molar-refractivity contribution >= 4 is 65.0 Å². The maximum Gasteiger partial charge on any atom is 0.389 e. The van der Waals surface area contributed by atoms with E-state index in [0.717, 1.165) is 15.4 Å². The van der Waals surface area contributed by atoms with Crippen LogP contribution in [0.2, 0.25) is 10.0 Å². The maximum absolute atomic E-state index is 12.5. The fraction of sp³-hybridized carbons (Fsp3) is 0.423. The summed E-state index contributed by atoms with van der Waals surface area (Å²) >= 11 is 13.0. The van der Waals surface area contributed by atoms with E-state index < -0.39 is 24.8 Å². The average molecular weight is 619 g/mol. The van der Waals surface area contributed by atoms with E-state index in [0.29, 0.717) is 15.8 Å². The lowest BCUT2D eigenvalue weighted by Gasteiger charge is -2.21. The molecule has 1 heterocycles. The normalized spacial score (nSPS) is 13.8. The molecule has 1 saturated heterocycles. The number of carbonyl (C=O) groups excluding carboxylic acids is 3. The SMILES string of the molecule is CC(C)NC(=O)N1CC(=O)N(c2cc(Cl)cc(Cl)c2)C1=O.CC(C)OP(=O)(OC(C)C)SCc1ccccc1. The molecule has 1 N–H and O–H groups in total. The molecule has 0 unspecified atom stereocenters. The van der Waals surface area contributed by atoms with Crippen LogP contribution in [0.3, 0.4) is 0 Å². The highest BCUT2D eigenvalue weighted by molar-refractivity contribution is 8.54. The van der Waals surface area contributed by atoms with Gasteiger partial charge in [-0.2, -0.15) is 0 Å². The Morgan fingerprint density at radius 3 is 2.00 bits per heavy atom. The molecule has 1 aliphatic rings. The molecule has 39 heavy (non-hydrogen) atoms. The van der Waals surface area contributed by atoms with Crippen LogP contribution in [0.1, 0.15) is 47.1 Å². The number of nitrogens with zero attached hydrogens (tertiary/aromatic N) is 2. The van der Waals surface area contributed by atoms with Crippen LogP contribution in [-0.4, -0.2) is 47.7 Å². The molecule has 0 spiro atoms. The summed E-state index contributed by atoms with van der Waals surface area (Å²) in [6, 6.07) is 12.8. The van der Waals surface area contributed by atoms with Crippen LogP contribution in [0.4, 0.5) is 15.3 Å². The number of urea groups is 2. The van der Waals surface area contributed by atoms with Gasteiger partial charge >= 0.3 is 18.9 Å². The predicted molar refractivity (Wildman–Crippen MR) is 158 cm³/mol. The summed E-state index contributed by atoms with van der Waals surface area (Å²) in [4.78, 5) is 37.9. The van der Waals surface area contributed by atoms with Crippen molar-refractivity contribution < 1.29 is 28.0 Å². The van der Waals surface area contributed by atoms with E-state index in [1.807, 2.05) is 58.0 Å². The fourth-order valence-corrected chi connectivity index (χ4v) is 7.78. The summed E-state index contributed by atoms with van der Waals surface area (Å²) in [6.45, 7) is 7.56. The van der Waals surface area contributed by atoms with Crippen molar-refractivity contribution in [3.63, 3.8) is 0 Å². The molecule has 5 amide bonds. The Balaban J connectivity index is 0.000000277. The van der Waals surface area contributed by atoms with Gasteiger partial charge in [0.15, 0.2) is 0 Å². The zero-order chi connectivity index (χ0) is 29.3. The van der Waals surface area contributed by atoms with Crippen LogP contribution in [0.5, 0.6) is 0 Å². The number of hydrogen-bond acceptors (Lipinski definition) is 7. The fourth-order valence-electron chi connectivity index (χ4n) is 3.24. The Bertz CT molecular complexity index is 1170. The third kappa shape index (κ3) is 10.8. The molecular formula is C26H34Cl2N3O6PS. The number of rotatable bonds is 9. The quantitative estimate of drug-likeness (QED) is 0.226. The van der Waals surface area contributed by atoms with Gasteiger partial charge in [0.1, 0.15) is 6.54 Å². The Morgan fingerprint density at radius 2 is 1.51 bits per heavy atom. The van der Waals surface area contributed by atoms with E-state index in [1.54, 1.807) is 13.8 Å². The first-order chi connectivity index (χ1) is 18.2. The van der Waals surface area contributed by atoms with Gasteiger partial charge in [-0.3, -0.25) is 13.8 Å². The molecule has 214 valence electrons. The molecule has 0 radical (unpaired) electrons. The van der Waals surface area contributed by atoms with Crippen molar-refractivity contribution in [1.82, 2.24) is 10.2 Å². The number of anilines is 1. The van der Waals surface area contributed by atoms with Gasteiger partial charge in [0.05, 0.1) is 17.9 Å². The van der Waals surface area contributed by atoms with Crippen LogP contribution in [0, 0.1) is 0 Å². The van der Waals surface area contributed by atoms with Gasteiger partial charge in [-0.1, -0.05) is 53.5 Å². The maximum atomic E-state index is 12.5. The molecule has 1 fully saturated rings. The molecule has 9 nitrogen and oxygen atoms in total. The van der Waals surface area contributed by atoms with Gasteiger partial charge in [0, 0.05) is 21.8 Å². The highest BCUT2D eigenvalue weighted by atomic mass is 35.5. The zero-order valence-corrected chi connectivity index (χ0v) is 25.9. The van der Waals surface area contributed by atoms with E-state index >= 15 is 0 Å². The van der Waals surface area contributed by atoms with E-state index in [9.17, 15) is 18.9 Å². The molecule has 2 aromatic rings. The smallest absolute Gasteiger partial charge is 0.335 e. The van der Waals surface area contributed by atoms with Crippen LogP contribution < -0.4 is 10.2 Å². The highest BCUT2D eigenvalue weighted by Crippen LogP contribution is 2.63. The third-order valence-corrected chi connectivity index (χ3v) is 9.07. The van der Waals surface area contributed by atoms with Crippen molar-refractivity contribution in [2.24, 2.45) is 0 Å². The second kappa shape index (κ2) is 15.1. The second-order valence-electron chi connectivity index (χ2n) is 9.34. The van der Waals surface area contributed by atoms with Gasteiger partial charge in [0.25, 0.3) is 5.91 Å². The Hall–Kier alpha value is -2.07. The average Bonchev–Trinajstić information content (AvgIpc) is 3.10. The molecule has 0 aliphatic carbocycles. The van der Waals surface area contributed by atoms with Gasteiger partial charge in [-0.05, 0) is 76.7 Å². The lowest BCUT2D eigenvalue weighted by Crippen LogP contribution is -2.45. The summed E-state index contributed by atoms with van der Waals surface area (Å²) in [5, 5.41) is 3.15. The number of amides is 5. The largest absolute Gasteiger partial charge is 0.389 e. The first-order valence-electron chi connectivity index (χ1n) is 12.3. The van der Waals surface area contributed by atoms with Crippen LogP contribution in [0.25, 0.3) is 0 Å². The van der Waals surface area contributed by atoms with Gasteiger partial charge < -0.3 is 5.32 Å². The van der Waals surface area contributed by atoms with Crippen LogP contribution in [-0.2, 0) is 24.2 Å². The summed E-state index contributed by atoms with van der Waals surface area (Å²) < 4.78 is 23.5. The zero-order valence-electron chi connectivity index (χ0n) is 22.7. The van der Waals surface area contributed by atoms with E-state index in [2.05, 4.69) is 5.32 Å². The molecule has 0 atom stereocenters. The number of carbonyl (C=O) groups is 3. The van der Waals surface area contributed by atoms with Gasteiger partial charge in [0.2, 0.25) is 0 Å². The summed E-state index contributed by atoms with van der Waals surface area (Å²) in [5.41, 5.74) is 1.35. The molecule has 3 rings (SSSR count). The lowest BCUT2D eigenvalue weighted by atomic mass is 10.2. The van der Waals surface area contributed by atoms with Gasteiger partial charge in [-0.15, -0.1) is 0 Å². The van der Waals surface area contributed by atoms with Crippen LogP contribution >= 0.6 is 41.4 Å². The molecule has 1 aliphatic heterocycles. The van der Waals surface area contributed by atoms with Crippen molar-refractivity contribution in [2.75, 3.05) is 11.4 Å². The Morgan fingerprint density at radius 1 is 0.974 bits per heavy atom.